The fourth-order valence-electron chi connectivity index (χ4n) is 3.50. The first-order valence-electron chi connectivity index (χ1n) is 9.35. The van der Waals surface area contributed by atoms with E-state index in [9.17, 15) is 13.2 Å². The van der Waals surface area contributed by atoms with Gasteiger partial charge in [0.25, 0.3) is 0 Å². The minimum absolute atomic E-state index is 0.0243. The number of ether oxygens (including phenoxy) is 1. The number of hydrogen-bond donors (Lipinski definition) is 0. The van der Waals surface area contributed by atoms with E-state index >= 15 is 0 Å². The normalized spacial score (nSPS) is 17.9. The number of nitrogens with zero attached hydrogens (tertiary/aromatic N) is 2. The number of carbonyl (C=O) groups excluding carboxylic acids is 1. The SMILES string of the molecule is COc1ccc(CN(C)C(=O)C2CCCN(S(=O)(=O)c3ccccc3)C2)cc1. The van der Waals surface area contributed by atoms with Crippen LogP contribution in [0.3, 0.4) is 0 Å². The van der Waals surface area contributed by atoms with Gasteiger partial charge in [0.1, 0.15) is 5.75 Å². The number of carbonyl (C=O) groups is 1. The van der Waals surface area contributed by atoms with E-state index in [-0.39, 0.29) is 23.3 Å². The molecular formula is C21H26N2O4S. The van der Waals surface area contributed by atoms with Crippen LogP contribution in [0.25, 0.3) is 0 Å². The lowest BCUT2D eigenvalue weighted by Gasteiger charge is -2.33. The Hall–Kier alpha value is -2.38. The molecule has 1 fully saturated rings. The van der Waals surface area contributed by atoms with Gasteiger partial charge in [-0.05, 0) is 42.7 Å². The van der Waals surface area contributed by atoms with Gasteiger partial charge >= 0.3 is 0 Å². The summed E-state index contributed by atoms with van der Waals surface area (Å²) >= 11 is 0. The molecule has 1 aliphatic heterocycles. The number of sulfonamides is 1. The maximum Gasteiger partial charge on any atom is 0.243 e. The third kappa shape index (κ3) is 4.54. The average Bonchev–Trinajstić information content (AvgIpc) is 2.74. The molecule has 1 heterocycles. The van der Waals surface area contributed by atoms with Crippen LogP contribution < -0.4 is 4.74 Å². The fraction of sp³-hybridized carbons (Fsp3) is 0.381. The van der Waals surface area contributed by atoms with Crippen molar-refractivity contribution >= 4 is 15.9 Å². The second kappa shape index (κ2) is 8.75. The summed E-state index contributed by atoms with van der Waals surface area (Å²) in [7, 11) is -0.197. The van der Waals surface area contributed by atoms with Crippen molar-refractivity contribution < 1.29 is 17.9 Å². The van der Waals surface area contributed by atoms with E-state index in [1.807, 2.05) is 24.3 Å². The van der Waals surface area contributed by atoms with E-state index in [1.165, 1.54) is 4.31 Å². The molecule has 28 heavy (non-hydrogen) atoms. The van der Waals surface area contributed by atoms with Gasteiger partial charge in [0.05, 0.1) is 17.9 Å². The number of benzene rings is 2. The number of methoxy groups -OCH3 is 1. The quantitative estimate of drug-likeness (QED) is 0.745. The molecule has 0 bridgehead atoms. The maximum absolute atomic E-state index is 12.9. The summed E-state index contributed by atoms with van der Waals surface area (Å²) in [6.45, 7) is 1.15. The highest BCUT2D eigenvalue weighted by molar-refractivity contribution is 7.89. The van der Waals surface area contributed by atoms with Gasteiger partial charge in [-0.1, -0.05) is 30.3 Å². The zero-order valence-electron chi connectivity index (χ0n) is 16.2. The van der Waals surface area contributed by atoms with E-state index in [0.717, 1.165) is 11.3 Å². The number of amides is 1. The molecule has 7 heteroatoms. The molecule has 0 N–H and O–H groups in total. The zero-order chi connectivity index (χ0) is 20.1. The van der Waals surface area contributed by atoms with Gasteiger partial charge in [0.15, 0.2) is 0 Å². The van der Waals surface area contributed by atoms with Crippen LogP contribution in [0, 0.1) is 5.92 Å². The molecule has 3 rings (SSSR count). The molecular weight excluding hydrogens is 376 g/mol. The lowest BCUT2D eigenvalue weighted by Crippen LogP contribution is -2.45. The first kappa shape index (κ1) is 20.4. The average molecular weight is 403 g/mol. The molecule has 0 aliphatic carbocycles. The molecule has 0 radical (unpaired) electrons. The van der Waals surface area contributed by atoms with Crippen molar-refractivity contribution in [3.05, 3.63) is 60.2 Å². The molecule has 1 aliphatic rings. The van der Waals surface area contributed by atoms with E-state index in [4.69, 9.17) is 4.74 Å². The first-order valence-corrected chi connectivity index (χ1v) is 10.8. The molecule has 150 valence electrons. The standard InChI is InChI=1S/C21H26N2O4S/c1-22(15-17-10-12-19(27-2)13-11-17)21(24)18-7-6-14-23(16-18)28(25,26)20-8-4-3-5-9-20/h3-5,8-13,18H,6-7,14-16H2,1-2H3. The first-order chi connectivity index (χ1) is 13.4. The second-order valence-corrected chi connectivity index (χ2v) is 9.00. The Bertz CT molecular complexity index is 898. The summed E-state index contributed by atoms with van der Waals surface area (Å²) in [5.74, 6) is 0.422. The van der Waals surface area contributed by atoms with Gasteiger partial charge in [-0.25, -0.2) is 8.42 Å². The number of rotatable bonds is 6. The van der Waals surface area contributed by atoms with Crippen LogP contribution in [0.2, 0.25) is 0 Å². The van der Waals surface area contributed by atoms with Crippen molar-refractivity contribution in [1.29, 1.82) is 0 Å². The largest absolute Gasteiger partial charge is 0.497 e. The second-order valence-electron chi connectivity index (χ2n) is 7.06. The van der Waals surface area contributed by atoms with Gasteiger partial charge in [-0.15, -0.1) is 0 Å². The van der Waals surface area contributed by atoms with Crippen LogP contribution in [0.15, 0.2) is 59.5 Å². The number of piperidine rings is 1. The molecule has 2 aromatic rings. The Kier molecular flexibility index (Phi) is 6.36. The van der Waals surface area contributed by atoms with Crippen LogP contribution in [-0.2, 0) is 21.4 Å². The zero-order valence-corrected chi connectivity index (χ0v) is 17.1. The molecule has 0 aromatic heterocycles. The summed E-state index contributed by atoms with van der Waals surface area (Å²) in [6, 6.07) is 16.0. The maximum atomic E-state index is 12.9. The van der Waals surface area contributed by atoms with Crippen molar-refractivity contribution in [3.8, 4) is 5.75 Å². The summed E-state index contributed by atoms with van der Waals surface area (Å²) in [4.78, 5) is 14.9. The van der Waals surface area contributed by atoms with Gasteiger partial charge in [-0.2, -0.15) is 4.31 Å². The Labute approximate surface area is 166 Å². The predicted octanol–water partition coefficient (Wildman–Crippen LogP) is 2.75. The van der Waals surface area contributed by atoms with Crippen molar-refractivity contribution in [2.45, 2.75) is 24.3 Å². The predicted molar refractivity (Wildman–Crippen MR) is 107 cm³/mol. The van der Waals surface area contributed by atoms with Crippen LogP contribution in [0.4, 0.5) is 0 Å². The molecule has 1 unspecified atom stereocenters. The molecule has 0 spiro atoms. The molecule has 1 saturated heterocycles. The topological polar surface area (TPSA) is 66.9 Å². The van der Waals surface area contributed by atoms with Crippen molar-refractivity contribution in [1.82, 2.24) is 9.21 Å². The third-order valence-electron chi connectivity index (χ3n) is 5.07. The lowest BCUT2D eigenvalue weighted by atomic mass is 9.98. The van der Waals surface area contributed by atoms with Crippen molar-refractivity contribution in [2.75, 3.05) is 27.2 Å². The van der Waals surface area contributed by atoms with E-state index < -0.39 is 10.0 Å². The van der Waals surface area contributed by atoms with Gasteiger partial charge in [-0.3, -0.25) is 4.79 Å². The van der Waals surface area contributed by atoms with Crippen LogP contribution in [-0.4, -0.2) is 50.8 Å². The van der Waals surface area contributed by atoms with Crippen molar-refractivity contribution in [2.24, 2.45) is 5.92 Å². The highest BCUT2D eigenvalue weighted by atomic mass is 32.2. The minimum Gasteiger partial charge on any atom is -0.497 e. The summed E-state index contributed by atoms with van der Waals surface area (Å²) < 4.78 is 32.3. The van der Waals surface area contributed by atoms with E-state index in [2.05, 4.69) is 0 Å². The number of hydrogen-bond acceptors (Lipinski definition) is 4. The lowest BCUT2D eigenvalue weighted by molar-refractivity contribution is -0.135. The fourth-order valence-corrected chi connectivity index (χ4v) is 5.04. The van der Waals surface area contributed by atoms with E-state index in [1.54, 1.807) is 49.4 Å². The van der Waals surface area contributed by atoms with Crippen molar-refractivity contribution in [3.63, 3.8) is 0 Å². The van der Waals surface area contributed by atoms with Gasteiger partial charge < -0.3 is 9.64 Å². The monoisotopic (exact) mass is 402 g/mol. The summed E-state index contributed by atoms with van der Waals surface area (Å²) in [6.07, 6.45) is 1.38. The molecule has 0 saturated carbocycles. The Morgan fingerprint density at radius 3 is 2.46 bits per heavy atom. The van der Waals surface area contributed by atoms with Crippen LogP contribution in [0.5, 0.6) is 5.75 Å². The summed E-state index contributed by atoms with van der Waals surface area (Å²) in [5, 5.41) is 0. The van der Waals surface area contributed by atoms with Crippen LogP contribution >= 0.6 is 0 Å². The molecule has 2 aromatic carbocycles. The molecule has 1 atom stereocenters. The Morgan fingerprint density at radius 1 is 1.14 bits per heavy atom. The molecule has 1 amide bonds. The molecule has 6 nitrogen and oxygen atoms in total. The highest BCUT2D eigenvalue weighted by Gasteiger charge is 2.34. The van der Waals surface area contributed by atoms with Gasteiger partial charge in [0.2, 0.25) is 15.9 Å². The van der Waals surface area contributed by atoms with Crippen LogP contribution in [0.1, 0.15) is 18.4 Å². The third-order valence-corrected chi connectivity index (χ3v) is 6.95. The Balaban J connectivity index is 1.66. The summed E-state index contributed by atoms with van der Waals surface area (Å²) in [5.41, 5.74) is 1.00. The highest BCUT2D eigenvalue weighted by Crippen LogP contribution is 2.25. The van der Waals surface area contributed by atoms with Gasteiger partial charge in [0, 0.05) is 26.7 Å². The van der Waals surface area contributed by atoms with E-state index in [0.29, 0.717) is 25.9 Å². The smallest absolute Gasteiger partial charge is 0.243 e. The Morgan fingerprint density at radius 2 is 1.82 bits per heavy atom. The minimum atomic E-state index is -3.57.